The first-order valence-corrected chi connectivity index (χ1v) is 11.8. The maximum absolute atomic E-state index is 14.7. The minimum absolute atomic E-state index is 0.0195. The smallest absolute Gasteiger partial charge is 0.417 e. The van der Waals surface area contributed by atoms with Crippen molar-refractivity contribution in [2.75, 3.05) is 6.61 Å². The van der Waals surface area contributed by atoms with Crippen molar-refractivity contribution in [3.8, 4) is 11.1 Å². The topological polar surface area (TPSA) is 38.3 Å². The minimum Gasteiger partial charge on any atom is -0.466 e. The van der Waals surface area contributed by atoms with Crippen LogP contribution in [0.5, 0.6) is 0 Å². The SMILES string of the molecule is CCOC(=O)C(CC(C)C)c1cc(-c2ccccc2)cc(C2CCCC(C)N2)c1C(F)(F)F. The van der Waals surface area contributed by atoms with Crippen molar-refractivity contribution in [2.45, 2.75) is 77.6 Å². The van der Waals surface area contributed by atoms with E-state index in [9.17, 15) is 18.0 Å². The summed E-state index contributed by atoms with van der Waals surface area (Å²) < 4.78 is 49.2. The van der Waals surface area contributed by atoms with E-state index in [1.54, 1.807) is 19.1 Å². The average molecular weight is 462 g/mol. The van der Waals surface area contributed by atoms with Gasteiger partial charge in [-0.25, -0.2) is 0 Å². The first-order valence-electron chi connectivity index (χ1n) is 11.8. The number of piperidine rings is 1. The molecule has 180 valence electrons. The fourth-order valence-electron chi connectivity index (χ4n) is 4.81. The Morgan fingerprint density at radius 3 is 2.39 bits per heavy atom. The highest BCUT2D eigenvalue weighted by molar-refractivity contribution is 5.80. The summed E-state index contributed by atoms with van der Waals surface area (Å²) in [6.45, 7) is 7.62. The number of rotatable bonds is 7. The first kappa shape index (κ1) is 25.3. The van der Waals surface area contributed by atoms with Crippen LogP contribution in [0.1, 0.15) is 82.0 Å². The number of ether oxygens (including phenoxy) is 1. The van der Waals surface area contributed by atoms with E-state index in [2.05, 4.69) is 5.32 Å². The van der Waals surface area contributed by atoms with Crippen molar-refractivity contribution in [2.24, 2.45) is 5.92 Å². The Balaban J connectivity index is 2.30. The lowest BCUT2D eigenvalue weighted by molar-refractivity contribution is -0.146. The van der Waals surface area contributed by atoms with Crippen LogP contribution in [-0.2, 0) is 15.7 Å². The number of nitrogens with one attached hydrogen (secondary N) is 1. The van der Waals surface area contributed by atoms with E-state index in [0.717, 1.165) is 18.4 Å². The second-order valence-corrected chi connectivity index (χ2v) is 9.38. The van der Waals surface area contributed by atoms with Gasteiger partial charge in [-0.3, -0.25) is 4.79 Å². The average Bonchev–Trinajstić information content (AvgIpc) is 2.76. The quantitative estimate of drug-likeness (QED) is 0.441. The van der Waals surface area contributed by atoms with E-state index in [-0.39, 0.29) is 36.1 Å². The Kier molecular flexibility index (Phi) is 8.22. The Labute approximate surface area is 194 Å². The monoisotopic (exact) mass is 461 g/mol. The van der Waals surface area contributed by atoms with Gasteiger partial charge in [-0.05, 0) is 73.4 Å². The molecule has 1 N–H and O–H groups in total. The number of esters is 1. The van der Waals surface area contributed by atoms with Gasteiger partial charge in [-0.15, -0.1) is 0 Å². The first-order chi connectivity index (χ1) is 15.6. The second kappa shape index (κ2) is 10.7. The number of halogens is 3. The predicted octanol–water partition coefficient (Wildman–Crippen LogP) is 7.27. The lowest BCUT2D eigenvalue weighted by Gasteiger charge is -2.33. The molecular formula is C27H34F3NO2. The molecule has 1 aliphatic heterocycles. The van der Waals surface area contributed by atoms with Crippen molar-refractivity contribution in [1.29, 1.82) is 0 Å². The van der Waals surface area contributed by atoms with Crippen molar-refractivity contribution >= 4 is 5.97 Å². The summed E-state index contributed by atoms with van der Waals surface area (Å²) in [5.41, 5.74) is 1.07. The van der Waals surface area contributed by atoms with Gasteiger partial charge in [0.25, 0.3) is 0 Å². The van der Waals surface area contributed by atoms with Crippen LogP contribution < -0.4 is 5.32 Å². The lowest BCUT2D eigenvalue weighted by Crippen LogP contribution is -2.36. The minimum atomic E-state index is -4.59. The summed E-state index contributed by atoms with van der Waals surface area (Å²) in [5.74, 6) is -1.56. The molecule has 3 atom stereocenters. The van der Waals surface area contributed by atoms with Gasteiger partial charge in [-0.1, -0.05) is 50.6 Å². The van der Waals surface area contributed by atoms with Crippen molar-refractivity contribution < 1.29 is 22.7 Å². The molecule has 0 aliphatic carbocycles. The van der Waals surface area contributed by atoms with Gasteiger partial charge >= 0.3 is 12.1 Å². The van der Waals surface area contributed by atoms with Gasteiger partial charge in [0.05, 0.1) is 18.1 Å². The Morgan fingerprint density at radius 1 is 1.12 bits per heavy atom. The molecule has 0 bridgehead atoms. The lowest BCUT2D eigenvalue weighted by atomic mass is 9.80. The fraction of sp³-hybridized carbons (Fsp3) is 0.519. The zero-order valence-electron chi connectivity index (χ0n) is 19.8. The summed E-state index contributed by atoms with van der Waals surface area (Å²) in [5, 5.41) is 3.37. The summed E-state index contributed by atoms with van der Waals surface area (Å²) in [6.07, 6.45) is -1.90. The van der Waals surface area contributed by atoms with Gasteiger partial charge in [0.2, 0.25) is 0 Å². The van der Waals surface area contributed by atoms with Gasteiger partial charge in [-0.2, -0.15) is 13.2 Å². The summed E-state index contributed by atoms with van der Waals surface area (Å²) in [4.78, 5) is 12.9. The summed E-state index contributed by atoms with van der Waals surface area (Å²) in [7, 11) is 0. The molecule has 1 aliphatic rings. The highest BCUT2D eigenvalue weighted by Gasteiger charge is 2.42. The molecule has 3 nitrogen and oxygen atoms in total. The Hall–Kier alpha value is -2.34. The third-order valence-electron chi connectivity index (χ3n) is 6.23. The number of hydrogen-bond donors (Lipinski definition) is 1. The Bertz CT molecular complexity index is 940. The van der Waals surface area contributed by atoms with Crippen LogP contribution in [0.25, 0.3) is 11.1 Å². The normalized spacial score (nSPS) is 20.0. The number of alkyl halides is 3. The molecule has 0 spiro atoms. The van der Waals surface area contributed by atoms with Crippen LogP contribution in [0.4, 0.5) is 13.2 Å². The van der Waals surface area contributed by atoms with E-state index in [1.807, 2.05) is 51.1 Å². The second-order valence-electron chi connectivity index (χ2n) is 9.38. The van der Waals surface area contributed by atoms with E-state index >= 15 is 0 Å². The third-order valence-corrected chi connectivity index (χ3v) is 6.23. The molecule has 0 saturated carbocycles. The van der Waals surface area contributed by atoms with Gasteiger partial charge < -0.3 is 10.1 Å². The van der Waals surface area contributed by atoms with Crippen LogP contribution >= 0.6 is 0 Å². The molecule has 3 unspecified atom stereocenters. The van der Waals surface area contributed by atoms with Crippen LogP contribution in [0.2, 0.25) is 0 Å². The van der Waals surface area contributed by atoms with Gasteiger partial charge in [0, 0.05) is 12.1 Å². The molecule has 2 aromatic carbocycles. The van der Waals surface area contributed by atoms with Gasteiger partial charge in [0.1, 0.15) is 0 Å². The van der Waals surface area contributed by atoms with Crippen LogP contribution in [0, 0.1) is 5.92 Å². The standard InChI is InChI=1S/C27H34F3NO2/c1-5-33-26(32)22(14-17(2)3)21-15-20(19-11-7-6-8-12-19)16-23(25(21)27(28,29)30)24-13-9-10-18(4)31-24/h6-8,11-12,15-18,22,24,31H,5,9-10,13-14H2,1-4H3. The van der Waals surface area contributed by atoms with Crippen LogP contribution in [-0.4, -0.2) is 18.6 Å². The van der Waals surface area contributed by atoms with Gasteiger partial charge in [0.15, 0.2) is 0 Å². The molecule has 1 heterocycles. The fourth-order valence-corrected chi connectivity index (χ4v) is 4.81. The van der Waals surface area contributed by atoms with E-state index in [0.29, 0.717) is 12.0 Å². The van der Waals surface area contributed by atoms with E-state index < -0.39 is 29.7 Å². The van der Waals surface area contributed by atoms with E-state index in [1.165, 1.54) is 0 Å². The molecule has 0 amide bonds. The summed E-state index contributed by atoms with van der Waals surface area (Å²) in [6, 6.07) is 12.3. The molecule has 3 rings (SSSR count). The molecule has 0 radical (unpaired) electrons. The molecular weight excluding hydrogens is 427 g/mol. The number of carbonyl (C=O) groups is 1. The number of benzene rings is 2. The largest absolute Gasteiger partial charge is 0.466 e. The number of hydrogen-bond acceptors (Lipinski definition) is 3. The zero-order valence-corrected chi connectivity index (χ0v) is 19.8. The van der Waals surface area contributed by atoms with E-state index in [4.69, 9.17) is 4.74 Å². The zero-order chi connectivity index (χ0) is 24.2. The third kappa shape index (κ3) is 6.17. The maximum Gasteiger partial charge on any atom is 0.417 e. The van der Waals surface area contributed by atoms with Crippen LogP contribution in [0.15, 0.2) is 42.5 Å². The van der Waals surface area contributed by atoms with Crippen molar-refractivity contribution in [3.05, 3.63) is 59.2 Å². The molecule has 33 heavy (non-hydrogen) atoms. The number of carbonyl (C=O) groups excluding carboxylic acids is 1. The Morgan fingerprint density at radius 2 is 1.82 bits per heavy atom. The maximum atomic E-state index is 14.7. The predicted molar refractivity (Wildman–Crippen MR) is 125 cm³/mol. The molecule has 6 heteroatoms. The highest BCUT2D eigenvalue weighted by atomic mass is 19.4. The molecule has 1 saturated heterocycles. The summed E-state index contributed by atoms with van der Waals surface area (Å²) >= 11 is 0. The molecule has 0 aromatic heterocycles. The molecule has 1 fully saturated rings. The molecule has 2 aromatic rings. The highest BCUT2D eigenvalue weighted by Crippen LogP contribution is 2.45. The van der Waals surface area contributed by atoms with Crippen molar-refractivity contribution in [3.63, 3.8) is 0 Å². The van der Waals surface area contributed by atoms with Crippen molar-refractivity contribution in [1.82, 2.24) is 5.32 Å². The van der Waals surface area contributed by atoms with Crippen LogP contribution in [0.3, 0.4) is 0 Å².